The quantitative estimate of drug-likeness (QED) is 0.745. The molecule has 5 heteroatoms. The molecule has 1 aromatic carbocycles. The summed E-state index contributed by atoms with van der Waals surface area (Å²) in [7, 11) is 1.65. The topological polar surface area (TPSA) is 52.7 Å². The lowest BCUT2D eigenvalue weighted by Gasteiger charge is -2.03. The first kappa shape index (κ1) is 14.0. The van der Waals surface area contributed by atoms with Crippen molar-refractivity contribution in [3.63, 3.8) is 0 Å². The molecular formula is C17H16N4O. The Morgan fingerprint density at radius 2 is 1.91 bits per heavy atom. The zero-order valence-electron chi connectivity index (χ0n) is 12.5. The second-order valence-corrected chi connectivity index (χ2v) is 5.07. The number of benzene rings is 1. The van der Waals surface area contributed by atoms with Crippen LogP contribution in [0.1, 0.15) is 16.8 Å². The fourth-order valence-electron chi connectivity index (χ4n) is 2.15. The Morgan fingerprint density at radius 1 is 1.14 bits per heavy atom. The van der Waals surface area contributed by atoms with E-state index in [2.05, 4.69) is 10.1 Å². The molecule has 0 atom stereocenters. The van der Waals surface area contributed by atoms with Gasteiger partial charge in [0.2, 0.25) is 0 Å². The highest BCUT2D eigenvalue weighted by Crippen LogP contribution is 2.12. The molecular weight excluding hydrogens is 276 g/mol. The molecule has 0 aliphatic rings. The van der Waals surface area contributed by atoms with Crippen molar-refractivity contribution in [3.05, 3.63) is 76.2 Å². The predicted molar refractivity (Wildman–Crippen MR) is 86.7 cm³/mol. The highest BCUT2D eigenvalue weighted by Gasteiger charge is 2.00. The minimum atomic E-state index is -0.0978. The van der Waals surface area contributed by atoms with Gasteiger partial charge in [-0.2, -0.15) is 5.10 Å². The zero-order valence-corrected chi connectivity index (χ0v) is 12.5. The van der Waals surface area contributed by atoms with Gasteiger partial charge in [0, 0.05) is 31.2 Å². The van der Waals surface area contributed by atoms with Gasteiger partial charge in [-0.1, -0.05) is 18.2 Å². The highest BCUT2D eigenvalue weighted by molar-refractivity contribution is 5.69. The van der Waals surface area contributed by atoms with Gasteiger partial charge in [-0.05, 0) is 36.3 Å². The molecule has 0 aliphatic heterocycles. The van der Waals surface area contributed by atoms with Crippen LogP contribution in [0.15, 0.2) is 53.8 Å². The molecule has 2 aromatic heterocycles. The summed E-state index contributed by atoms with van der Waals surface area (Å²) < 4.78 is 3.29. The Morgan fingerprint density at radius 3 is 2.59 bits per heavy atom. The molecule has 0 bridgehead atoms. The molecule has 0 saturated heterocycles. The summed E-state index contributed by atoms with van der Waals surface area (Å²) in [6.45, 7) is 1.89. The molecule has 0 N–H and O–H groups in total. The van der Waals surface area contributed by atoms with E-state index < -0.39 is 0 Å². The Kier molecular flexibility index (Phi) is 3.70. The van der Waals surface area contributed by atoms with Crippen molar-refractivity contribution < 1.29 is 0 Å². The van der Waals surface area contributed by atoms with Gasteiger partial charge in [-0.3, -0.25) is 4.79 Å². The van der Waals surface area contributed by atoms with Crippen LogP contribution < -0.4 is 5.56 Å². The van der Waals surface area contributed by atoms with E-state index in [-0.39, 0.29) is 5.56 Å². The molecule has 3 rings (SSSR count). The summed E-state index contributed by atoms with van der Waals surface area (Å²) >= 11 is 0. The highest BCUT2D eigenvalue weighted by atomic mass is 16.1. The number of aromatic nitrogens is 4. The Labute approximate surface area is 128 Å². The zero-order chi connectivity index (χ0) is 15.5. The van der Waals surface area contributed by atoms with Gasteiger partial charge >= 0.3 is 0 Å². The van der Waals surface area contributed by atoms with Crippen LogP contribution in [-0.2, 0) is 7.05 Å². The summed E-state index contributed by atoms with van der Waals surface area (Å²) in [6.07, 6.45) is 9.33. The third-order valence-corrected chi connectivity index (χ3v) is 3.45. The van der Waals surface area contributed by atoms with Gasteiger partial charge in [0.1, 0.15) is 0 Å². The van der Waals surface area contributed by atoms with Crippen LogP contribution in [0, 0.1) is 6.92 Å². The van der Waals surface area contributed by atoms with Crippen molar-refractivity contribution in [2.24, 2.45) is 7.05 Å². The molecule has 0 radical (unpaired) electrons. The summed E-state index contributed by atoms with van der Waals surface area (Å²) in [5, 5.41) is 4.25. The minimum absolute atomic E-state index is 0.0978. The number of hydrogen-bond acceptors (Lipinski definition) is 3. The monoisotopic (exact) mass is 292 g/mol. The average Bonchev–Trinajstić information content (AvgIpc) is 3.04. The molecule has 0 saturated carbocycles. The maximum Gasteiger partial charge on any atom is 0.266 e. The maximum atomic E-state index is 11.5. The second kappa shape index (κ2) is 5.81. The van der Waals surface area contributed by atoms with Crippen molar-refractivity contribution in [1.82, 2.24) is 19.3 Å². The van der Waals surface area contributed by atoms with E-state index >= 15 is 0 Å². The number of rotatable bonds is 3. The SMILES string of the molecule is Cc1cc(=O)n(C)nc1C=Cc1ccc(-n2ccnc2)cc1. The lowest BCUT2D eigenvalue weighted by Crippen LogP contribution is -2.19. The first-order valence-electron chi connectivity index (χ1n) is 6.95. The fraction of sp³-hybridized carbons (Fsp3) is 0.118. The van der Waals surface area contributed by atoms with Crippen LogP contribution in [0.25, 0.3) is 17.8 Å². The van der Waals surface area contributed by atoms with Crippen LogP contribution >= 0.6 is 0 Å². The summed E-state index contributed by atoms with van der Waals surface area (Å²) in [4.78, 5) is 15.5. The van der Waals surface area contributed by atoms with E-state index in [9.17, 15) is 4.79 Å². The second-order valence-electron chi connectivity index (χ2n) is 5.07. The normalized spacial score (nSPS) is 11.2. The molecule has 110 valence electrons. The van der Waals surface area contributed by atoms with Crippen LogP contribution in [0.4, 0.5) is 0 Å². The average molecular weight is 292 g/mol. The molecule has 0 aliphatic carbocycles. The maximum absolute atomic E-state index is 11.5. The summed E-state index contributed by atoms with van der Waals surface area (Å²) in [5.74, 6) is 0. The van der Waals surface area contributed by atoms with Gasteiger partial charge in [0.05, 0.1) is 12.0 Å². The van der Waals surface area contributed by atoms with Crippen LogP contribution in [-0.4, -0.2) is 19.3 Å². The first-order chi connectivity index (χ1) is 10.6. The van der Waals surface area contributed by atoms with Crippen molar-refractivity contribution in [1.29, 1.82) is 0 Å². The van der Waals surface area contributed by atoms with Gasteiger partial charge < -0.3 is 4.57 Å². The Hall–Kier alpha value is -2.95. The molecule has 22 heavy (non-hydrogen) atoms. The van der Waals surface area contributed by atoms with Crippen LogP contribution in [0.2, 0.25) is 0 Å². The van der Waals surface area contributed by atoms with Crippen molar-refractivity contribution in [3.8, 4) is 5.69 Å². The molecule has 0 fully saturated rings. The van der Waals surface area contributed by atoms with Crippen molar-refractivity contribution in [2.75, 3.05) is 0 Å². The van der Waals surface area contributed by atoms with E-state index in [1.54, 1.807) is 25.6 Å². The lowest BCUT2D eigenvalue weighted by molar-refractivity contribution is 0.699. The van der Waals surface area contributed by atoms with Crippen molar-refractivity contribution in [2.45, 2.75) is 6.92 Å². The Balaban J connectivity index is 1.84. The molecule has 3 aromatic rings. The molecule has 0 amide bonds. The minimum Gasteiger partial charge on any atom is -0.306 e. The molecule has 0 unspecified atom stereocenters. The third kappa shape index (κ3) is 2.88. The number of hydrogen-bond donors (Lipinski definition) is 0. The molecule has 0 spiro atoms. The smallest absolute Gasteiger partial charge is 0.266 e. The molecule has 5 nitrogen and oxygen atoms in total. The standard InChI is InChI=1S/C17H16N4O/c1-13-11-17(22)20(2)19-16(13)8-5-14-3-6-15(7-4-14)21-10-9-18-12-21/h3-12H,1-2H3. The van der Waals surface area contributed by atoms with Gasteiger partial charge in [-0.15, -0.1) is 0 Å². The van der Waals surface area contributed by atoms with Gasteiger partial charge in [-0.25, -0.2) is 9.67 Å². The first-order valence-corrected chi connectivity index (χ1v) is 6.95. The van der Waals surface area contributed by atoms with Gasteiger partial charge in [0.25, 0.3) is 5.56 Å². The number of imidazole rings is 1. The molecule has 2 heterocycles. The lowest BCUT2D eigenvalue weighted by atomic mass is 10.1. The summed E-state index contributed by atoms with van der Waals surface area (Å²) in [5.41, 5.74) is 3.69. The van der Waals surface area contributed by atoms with Crippen molar-refractivity contribution >= 4 is 12.2 Å². The van der Waals surface area contributed by atoms with E-state index in [0.717, 1.165) is 22.5 Å². The van der Waals surface area contributed by atoms with E-state index in [1.807, 2.05) is 54.1 Å². The van der Waals surface area contributed by atoms with Crippen LogP contribution in [0.3, 0.4) is 0 Å². The number of nitrogens with zero attached hydrogens (tertiary/aromatic N) is 4. The third-order valence-electron chi connectivity index (χ3n) is 3.45. The van der Waals surface area contributed by atoms with E-state index in [4.69, 9.17) is 0 Å². The van der Waals surface area contributed by atoms with Gasteiger partial charge in [0.15, 0.2) is 0 Å². The largest absolute Gasteiger partial charge is 0.306 e. The Bertz CT molecular complexity index is 859. The fourth-order valence-corrected chi connectivity index (χ4v) is 2.15. The van der Waals surface area contributed by atoms with Crippen LogP contribution in [0.5, 0.6) is 0 Å². The number of aryl methyl sites for hydroxylation is 2. The van der Waals surface area contributed by atoms with E-state index in [1.165, 1.54) is 4.68 Å². The predicted octanol–water partition coefficient (Wildman–Crippen LogP) is 2.44. The summed E-state index contributed by atoms with van der Waals surface area (Å²) in [6, 6.07) is 9.71. The van der Waals surface area contributed by atoms with E-state index in [0.29, 0.717) is 0 Å².